The fourth-order valence-electron chi connectivity index (χ4n) is 1.35. The van der Waals surface area contributed by atoms with E-state index in [0.717, 1.165) is 0 Å². The summed E-state index contributed by atoms with van der Waals surface area (Å²) in [5.74, 6) is -6.16. The first-order valence-electron chi connectivity index (χ1n) is 5.57. The van der Waals surface area contributed by atoms with Gasteiger partial charge in [-0.15, -0.1) is 0 Å². The minimum atomic E-state index is -5.68. The van der Waals surface area contributed by atoms with Crippen LogP contribution in [0.1, 0.15) is 26.7 Å². The molecule has 0 aliphatic heterocycles. The van der Waals surface area contributed by atoms with Crippen molar-refractivity contribution in [1.29, 1.82) is 0 Å². The maximum Gasteiger partial charge on any atom is 0.409 e. The van der Waals surface area contributed by atoms with Gasteiger partial charge >= 0.3 is 12.4 Å². The fraction of sp³-hybridized carbons (Fsp3) is 0.900. The van der Waals surface area contributed by atoms with Gasteiger partial charge in [0.15, 0.2) is 0 Å². The number of amides is 1. The van der Waals surface area contributed by atoms with Gasteiger partial charge in [-0.05, 0) is 12.8 Å². The summed E-state index contributed by atoms with van der Waals surface area (Å²) in [5, 5.41) is 1.63. The van der Waals surface area contributed by atoms with Gasteiger partial charge in [0.1, 0.15) is 0 Å². The lowest BCUT2D eigenvalue weighted by Gasteiger charge is -2.29. The van der Waals surface area contributed by atoms with Crippen LogP contribution in [-0.2, 0) is 4.79 Å². The van der Waals surface area contributed by atoms with E-state index in [1.165, 1.54) is 0 Å². The van der Waals surface area contributed by atoms with Crippen LogP contribution in [0.25, 0.3) is 0 Å². The number of rotatable bonds is 5. The first kappa shape index (κ1) is 18.0. The molecule has 19 heavy (non-hydrogen) atoms. The lowest BCUT2D eigenvalue weighted by atomic mass is 9.94. The Morgan fingerprint density at radius 2 is 1.42 bits per heavy atom. The van der Waals surface area contributed by atoms with Crippen LogP contribution < -0.4 is 11.1 Å². The van der Waals surface area contributed by atoms with Gasteiger partial charge < -0.3 is 11.1 Å². The van der Waals surface area contributed by atoms with Crippen molar-refractivity contribution >= 4 is 5.91 Å². The molecule has 0 aliphatic rings. The molecule has 0 aliphatic carbocycles. The van der Waals surface area contributed by atoms with Crippen LogP contribution in [0, 0.1) is 5.92 Å². The van der Waals surface area contributed by atoms with Crippen LogP contribution in [0.15, 0.2) is 0 Å². The Balaban J connectivity index is 4.88. The fourth-order valence-corrected chi connectivity index (χ4v) is 1.35. The lowest BCUT2D eigenvalue weighted by Crippen LogP contribution is -2.54. The molecule has 0 saturated heterocycles. The van der Waals surface area contributed by atoms with Gasteiger partial charge in [-0.3, -0.25) is 4.79 Å². The predicted molar refractivity (Wildman–Crippen MR) is 56.1 cm³/mol. The Morgan fingerprint density at radius 3 is 1.68 bits per heavy atom. The summed E-state index contributed by atoms with van der Waals surface area (Å²) in [7, 11) is 0. The normalized spacial score (nSPS) is 13.8. The van der Waals surface area contributed by atoms with E-state index in [9.17, 15) is 31.1 Å². The summed E-state index contributed by atoms with van der Waals surface area (Å²) in [6.45, 7) is 2.81. The van der Waals surface area contributed by atoms with E-state index in [2.05, 4.69) is 0 Å². The maximum absolute atomic E-state index is 12.2. The molecule has 1 amide bonds. The van der Waals surface area contributed by atoms with Gasteiger partial charge in [0.25, 0.3) is 0 Å². The number of hydrogen-bond acceptors (Lipinski definition) is 2. The maximum atomic E-state index is 12.2. The molecule has 0 fully saturated rings. The number of alkyl halides is 6. The topological polar surface area (TPSA) is 55.1 Å². The minimum absolute atomic E-state index is 0.312. The van der Waals surface area contributed by atoms with Crippen LogP contribution in [0.2, 0.25) is 0 Å². The van der Waals surface area contributed by atoms with E-state index in [-0.39, 0.29) is 0 Å². The molecule has 0 aromatic rings. The molecular formula is C10H16F6N2O. The highest BCUT2D eigenvalue weighted by molar-refractivity contribution is 5.80. The number of nitrogens with two attached hydrogens (primary N) is 1. The van der Waals surface area contributed by atoms with Gasteiger partial charge in [0, 0.05) is 12.1 Å². The van der Waals surface area contributed by atoms with Gasteiger partial charge in [0.2, 0.25) is 11.8 Å². The van der Waals surface area contributed by atoms with Gasteiger partial charge in [-0.1, -0.05) is 13.8 Å². The number of hydrogen-bond donors (Lipinski definition) is 2. The Labute approximate surface area is 106 Å². The van der Waals surface area contributed by atoms with Crippen LogP contribution in [0.3, 0.4) is 0 Å². The third-order valence-corrected chi connectivity index (χ3v) is 2.94. The summed E-state index contributed by atoms with van der Waals surface area (Å²) < 4.78 is 73.4. The largest absolute Gasteiger partial charge is 0.409 e. The average molecular weight is 294 g/mol. The molecule has 0 aromatic carbocycles. The van der Waals surface area contributed by atoms with Crippen molar-refractivity contribution in [2.45, 2.75) is 44.6 Å². The third kappa shape index (κ3) is 5.25. The van der Waals surface area contributed by atoms with Gasteiger partial charge in [-0.25, -0.2) is 0 Å². The quantitative estimate of drug-likeness (QED) is 0.765. The number of nitrogens with one attached hydrogen (secondary N) is 1. The Morgan fingerprint density at radius 1 is 1.05 bits per heavy atom. The molecule has 0 aromatic heterocycles. The molecule has 0 radical (unpaired) electrons. The van der Waals surface area contributed by atoms with Crippen LogP contribution in [0.4, 0.5) is 26.3 Å². The van der Waals surface area contributed by atoms with Gasteiger partial charge in [0.05, 0.1) is 0 Å². The average Bonchev–Trinajstić information content (AvgIpc) is 2.22. The van der Waals surface area contributed by atoms with Crippen molar-refractivity contribution in [2.24, 2.45) is 11.7 Å². The lowest BCUT2D eigenvalue weighted by molar-refractivity contribution is -0.274. The highest BCUT2D eigenvalue weighted by Crippen LogP contribution is 2.39. The molecule has 114 valence electrons. The molecule has 0 bridgehead atoms. The molecule has 3 nitrogen and oxygen atoms in total. The third-order valence-electron chi connectivity index (χ3n) is 2.94. The molecular weight excluding hydrogens is 278 g/mol. The van der Waals surface area contributed by atoms with Crippen molar-refractivity contribution in [3.8, 4) is 0 Å². The highest BCUT2D eigenvalue weighted by atomic mass is 19.4. The Bertz CT molecular complexity index is 294. The van der Waals surface area contributed by atoms with E-state index in [1.54, 1.807) is 19.2 Å². The SMILES string of the molecule is CCC(N)(CC)CNC(=O)C(C(F)(F)F)C(F)(F)F. The summed E-state index contributed by atoms with van der Waals surface area (Å²) >= 11 is 0. The van der Waals surface area contributed by atoms with Crippen molar-refractivity contribution < 1.29 is 31.1 Å². The summed E-state index contributed by atoms with van der Waals surface area (Å²) in [5.41, 5.74) is 4.67. The smallest absolute Gasteiger partial charge is 0.353 e. The van der Waals surface area contributed by atoms with Crippen molar-refractivity contribution in [3.05, 3.63) is 0 Å². The van der Waals surface area contributed by atoms with Crippen molar-refractivity contribution in [1.82, 2.24) is 5.32 Å². The molecule has 0 unspecified atom stereocenters. The highest BCUT2D eigenvalue weighted by Gasteiger charge is 2.61. The monoisotopic (exact) mass is 294 g/mol. The van der Waals surface area contributed by atoms with Crippen LogP contribution >= 0.6 is 0 Å². The number of carbonyl (C=O) groups is 1. The zero-order chi connectivity index (χ0) is 15.5. The second-order valence-electron chi connectivity index (χ2n) is 4.30. The molecule has 0 spiro atoms. The second-order valence-corrected chi connectivity index (χ2v) is 4.30. The molecule has 0 saturated carbocycles. The van der Waals surface area contributed by atoms with Crippen molar-refractivity contribution in [3.63, 3.8) is 0 Å². The molecule has 0 atom stereocenters. The minimum Gasteiger partial charge on any atom is -0.353 e. The van der Waals surface area contributed by atoms with E-state index >= 15 is 0 Å². The van der Waals surface area contributed by atoms with Crippen LogP contribution in [-0.4, -0.2) is 30.3 Å². The zero-order valence-corrected chi connectivity index (χ0v) is 10.5. The van der Waals surface area contributed by atoms with Gasteiger partial charge in [-0.2, -0.15) is 26.3 Å². The number of carbonyl (C=O) groups excluding carboxylic acids is 1. The predicted octanol–water partition coefficient (Wildman–Crippen LogP) is 2.36. The van der Waals surface area contributed by atoms with E-state index < -0.39 is 36.3 Å². The first-order chi connectivity index (χ1) is 8.37. The molecule has 3 N–H and O–H groups in total. The molecule has 9 heteroatoms. The zero-order valence-electron chi connectivity index (χ0n) is 10.5. The number of halogens is 6. The second kappa shape index (κ2) is 5.98. The van der Waals surface area contributed by atoms with E-state index in [0.29, 0.717) is 12.8 Å². The standard InChI is InChI=1S/C10H16F6N2O/c1-3-8(17,4-2)5-18-7(19)6(9(11,12)13)10(14,15)16/h6H,3-5,17H2,1-2H3,(H,18,19). The molecule has 0 heterocycles. The molecule has 0 rings (SSSR count). The van der Waals surface area contributed by atoms with E-state index in [1.807, 2.05) is 0 Å². The van der Waals surface area contributed by atoms with E-state index in [4.69, 9.17) is 5.73 Å². The summed E-state index contributed by atoms with van der Waals surface area (Å²) in [6, 6.07) is 0. The van der Waals surface area contributed by atoms with Crippen molar-refractivity contribution in [2.75, 3.05) is 6.54 Å². The van der Waals surface area contributed by atoms with Crippen LogP contribution in [0.5, 0.6) is 0 Å². The first-order valence-corrected chi connectivity index (χ1v) is 5.57. The Kier molecular flexibility index (Phi) is 5.66. The summed E-state index contributed by atoms with van der Waals surface area (Å²) in [4.78, 5) is 11.1. The summed E-state index contributed by atoms with van der Waals surface area (Å²) in [6.07, 6.45) is -10.7. The Hall–Kier alpha value is -0.990.